The number of halogens is 1. The molecule has 0 spiro atoms. The minimum atomic E-state index is -0.356. The second-order valence-electron chi connectivity index (χ2n) is 3.73. The lowest BCUT2D eigenvalue weighted by Crippen LogP contribution is -2.29. The fourth-order valence-corrected chi connectivity index (χ4v) is 3.33. The normalized spacial score (nSPS) is 10.4. The number of hydrogen-bond acceptors (Lipinski definition) is 5. The molecule has 7 heteroatoms. The van der Waals surface area contributed by atoms with Crippen molar-refractivity contribution in [3.63, 3.8) is 0 Å². The predicted molar refractivity (Wildman–Crippen MR) is 76.3 cm³/mol. The van der Waals surface area contributed by atoms with Gasteiger partial charge in [0.1, 0.15) is 5.82 Å². The Morgan fingerprint density at radius 3 is 2.89 bits per heavy atom. The molecule has 2 rings (SSSR count). The van der Waals surface area contributed by atoms with Crippen LogP contribution in [-0.2, 0) is 5.75 Å². The van der Waals surface area contributed by atoms with Gasteiger partial charge >= 0.3 is 0 Å². The van der Waals surface area contributed by atoms with Crippen molar-refractivity contribution < 1.29 is 9.18 Å². The molecule has 5 N–H and O–H groups in total. The molecule has 19 heavy (non-hydrogen) atoms. The Hall–Kier alpha value is -1.57. The second-order valence-corrected chi connectivity index (χ2v) is 5.66. The number of nitrogen functional groups attached to an aromatic ring is 2. The molecule has 0 fully saturated rings. The molecule has 2 aromatic rings. The third-order valence-electron chi connectivity index (χ3n) is 2.42. The van der Waals surface area contributed by atoms with E-state index in [1.807, 2.05) is 6.07 Å². The lowest BCUT2D eigenvalue weighted by molar-refractivity contribution is 0.0957. The summed E-state index contributed by atoms with van der Waals surface area (Å²) < 4.78 is 13.6. The van der Waals surface area contributed by atoms with E-state index in [-0.39, 0.29) is 11.7 Å². The Morgan fingerprint density at radius 2 is 2.21 bits per heavy atom. The van der Waals surface area contributed by atoms with Gasteiger partial charge in [0.05, 0.1) is 4.88 Å². The maximum absolute atomic E-state index is 13.6. The van der Waals surface area contributed by atoms with E-state index in [1.165, 1.54) is 29.2 Å². The zero-order valence-corrected chi connectivity index (χ0v) is 11.5. The van der Waals surface area contributed by atoms with Crippen LogP contribution in [0.5, 0.6) is 0 Å². The van der Waals surface area contributed by atoms with Crippen molar-refractivity contribution in [2.24, 2.45) is 5.84 Å². The van der Waals surface area contributed by atoms with E-state index in [9.17, 15) is 9.18 Å². The molecule has 0 bridgehead atoms. The smallest absolute Gasteiger partial charge is 0.275 e. The van der Waals surface area contributed by atoms with E-state index in [0.29, 0.717) is 21.2 Å². The molecule has 0 aliphatic carbocycles. The molecule has 0 aliphatic heterocycles. The van der Waals surface area contributed by atoms with Crippen molar-refractivity contribution in [2.75, 3.05) is 5.73 Å². The summed E-state index contributed by atoms with van der Waals surface area (Å²) in [4.78, 5) is 12.5. The highest BCUT2D eigenvalue weighted by Crippen LogP contribution is 2.29. The molecule has 0 saturated heterocycles. The summed E-state index contributed by atoms with van der Waals surface area (Å²) in [5.41, 5.74) is 8.80. The standard InChI is InChI=1S/C12H12FN3OS2/c13-9-5-8(14)1-2-10(9)19-6-7-3-4-18-11(7)12(17)16-15/h1-5H,6,14-15H2,(H,16,17). The molecule has 100 valence electrons. The average Bonchev–Trinajstić information content (AvgIpc) is 2.85. The van der Waals surface area contributed by atoms with E-state index in [0.717, 1.165) is 5.56 Å². The first-order valence-corrected chi connectivity index (χ1v) is 7.23. The molecule has 4 nitrogen and oxygen atoms in total. The SMILES string of the molecule is NNC(=O)c1sccc1CSc1ccc(N)cc1F. The Labute approximate surface area is 118 Å². The van der Waals surface area contributed by atoms with Gasteiger partial charge in [-0.3, -0.25) is 10.2 Å². The van der Waals surface area contributed by atoms with E-state index in [2.05, 4.69) is 5.43 Å². The van der Waals surface area contributed by atoms with Crippen LogP contribution in [-0.4, -0.2) is 5.91 Å². The number of thiophene rings is 1. The van der Waals surface area contributed by atoms with Crippen molar-refractivity contribution >= 4 is 34.7 Å². The number of carbonyl (C=O) groups is 1. The molecule has 0 atom stereocenters. The van der Waals surface area contributed by atoms with Crippen LogP contribution in [0, 0.1) is 5.82 Å². The van der Waals surface area contributed by atoms with Crippen molar-refractivity contribution in [3.8, 4) is 0 Å². The first-order valence-electron chi connectivity index (χ1n) is 5.37. The Morgan fingerprint density at radius 1 is 1.42 bits per heavy atom. The van der Waals surface area contributed by atoms with Crippen LogP contribution < -0.4 is 17.0 Å². The highest BCUT2D eigenvalue weighted by Gasteiger charge is 2.13. The maximum Gasteiger partial charge on any atom is 0.275 e. The molecule has 0 radical (unpaired) electrons. The average molecular weight is 297 g/mol. The van der Waals surface area contributed by atoms with Gasteiger partial charge in [-0.25, -0.2) is 10.2 Å². The van der Waals surface area contributed by atoms with Crippen LogP contribution in [0.4, 0.5) is 10.1 Å². The maximum atomic E-state index is 13.6. The molecule has 0 unspecified atom stereocenters. The van der Waals surface area contributed by atoms with Crippen LogP contribution >= 0.6 is 23.1 Å². The zero-order valence-electron chi connectivity index (χ0n) is 9.85. The lowest BCUT2D eigenvalue weighted by Gasteiger charge is -2.05. The van der Waals surface area contributed by atoms with E-state index < -0.39 is 0 Å². The summed E-state index contributed by atoms with van der Waals surface area (Å²) in [6.07, 6.45) is 0. The zero-order chi connectivity index (χ0) is 13.8. The molecule has 1 aromatic heterocycles. The molecular formula is C12H12FN3OS2. The van der Waals surface area contributed by atoms with Gasteiger partial charge in [0, 0.05) is 16.3 Å². The number of nitrogens with two attached hydrogens (primary N) is 2. The monoisotopic (exact) mass is 297 g/mol. The minimum absolute atomic E-state index is 0.330. The van der Waals surface area contributed by atoms with Crippen LogP contribution in [0.25, 0.3) is 0 Å². The third kappa shape index (κ3) is 3.25. The van der Waals surface area contributed by atoms with Gasteiger partial charge in [0.15, 0.2) is 0 Å². The molecule has 1 heterocycles. The molecule has 0 aliphatic rings. The van der Waals surface area contributed by atoms with Crippen molar-refractivity contribution in [1.29, 1.82) is 0 Å². The van der Waals surface area contributed by atoms with Crippen LogP contribution in [0.15, 0.2) is 34.5 Å². The summed E-state index contributed by atoms with van der Waals surface area (Å²) >= 11 is 2.62. The lowest BCUT2D eigenvalue weighted by atomic mass is 10.3. The van der Waals surface area contributed by atoms with Gasteiger partial charge in [-0.1, -0.05) is 0 Å². The Bertz CT molecular complexity index is 600. The fraction of sp³-hybridized carbons (Fsp3) is 0.0833. The summed E-state index contributed by atoms with van der Waals surface area (Å²) in [5, 5.41) is 1.81. The number of amides is 1. The number of rotatable bonds is 4. The molecular weight excluding hydrogens is 285 g/mol. The van der Waals surface area contributed by atoms with Gasteiger partial charge < -0.3 is 5.73 Å². The highest BCUT2D eigenvalue weighted by atomic mass is 32.2. The summed E-state index contributed by atoms with van der Waals surface area (Å²) in [7, 11) is 0. The van der Waals surface area contributed by atoms with Crippen LogP contribution in [0.2, 0.25) is 0 Å². The molecule has 1 aromatic carbocycles. The van der Waals surface area contributed by atoms with Crippen LogP contribution in [0.1, 0.15) is 15.2 Å². The van der Waals surface area contributed by atoms with Crippen molar-refractivity contribution in [3.05, 3.63) is 45.9 Å². The minimum Gasteiger partial charge on any atom is -0.399 e. The first kappa shape index (κ1) is 13.9. The fourth-order valence-electron chi connectivity index (χ4n) is 1.50. The summed E-state index contributed by atoms with van der Waals surface area (Å²) in [5.74, 6) is 4.91. The topological polar surface area (TPSA) is 81.1 Å². The first-order chi connectivity index (χ1) is 9.11. The van der Waals surface area contributed by atoms with E-state index >= 15 is 0 Å². The van der Waals surface area contributed by atoms with E-state index in [4.69, 9.17) is 11.6 Å². The molecule has 0 saturated carbocycles. The number of carbonyl (C=O) groups excluding carboxylic acids is 1. The largest absolute Gasteiger partial charge is 0.399 e. The second kappa shape index (κ2) is 6.05. The molecule has 1 amide bonds. The highest BCUT2D eigenvalue weighted by molar-refractivity contribution is 7.98. The third-order valence-corrected chi connectivity index (χ3v) is 4.48. The predicted octanol–water partition coefficient (Wildman–Crippen LogP) is 2.37. The number of thioether (sulfide) groups is 1. The number of hydrogen-bond donors (Lipinski definition) is 3. The number of benzene rings is 1. The van der Waals surface area contributed by atoms with Crippen molar-refractivity contribution in [1.82, 2.24) is 5.43 Å². The number of hydrazine groups is 1. The Balaban J connectivity index is 2.10. The van der Waals surface area contributed by atoms with Gasteiger partial charge in [-0.05, 0) is 35.2 Å². The van der Waals surface area contributed by atoms with Gasteiger partial charge in [-0.15, -0.1) is 23.1 Å². The van der Waals surface area contributed by atoms with Gasteiger partial charge in [0.2, 0.25) is 0 Å². The van der Waals surface area contributed by atoms with Gasteiger partial charge in [0.25, 0.3) is 5.91 Å². The van der Waals surface area contributed by atoms with Crippen LogP contribution in [0.3, 0.4) is 0 Å². The number of nitrogens with one attached hydrogen (secondary N) is 1. The van der Waals surface area contributed by atoms with E-state index in [1.54, 1.807) is 17.5 Å². The summed E-state index contributed by atoms with van der Waals surface area (Å²) in [6, 6.07) is 6.39. The van der Waals surface area contributed by atoms with Crippen molar-refractivity contribution in [2.45, 2.75) is 10.6 Å². The quantitative estimate of drug-likeness (QED) is 0.266. The number of anilines is 1. The Kier molecular flexibility index (Phi) is 4.41. The van der Waals surface area contributed by atoms with Gasteiger partial charge in [-0.2, -0.15) is 0 Å². The summed E-state index contributed by atoms with van der Waals surface area (Å²) in [6.45, 7) is 0.